The normalized spacial score (nSPS) is 12.8. The Bertz CT molecular complexity index is 554. The number of hydrogen-bond acceptors (Lipinski definition) is 2. The Kier molecular flexibility index (Phi) is 3.82. The number of imidazole rings is 1. The number of benzene rings is 1. The van der Waals surface area contributed by atoms with Gasteiger partial charge in [0, 0.05) is 6.54 Å². The second-order valence-electron chi connectivity index (χ2n) is 4.90. The molecule has 3 heteroatoms. The van der Waals surface area contributed by atoms with Gasteiger partial charge in [-0.1, -0.05) is 37.6 Å². The Balaban J connectivity index is 2.52. The molecule has 0 saturated carbocycles. The van der Waals surface area contributed by atoms with Crippen LogP contribution in [0.1, 0.15) is 38.6 Å². The van der Waals surface area contributed by atoms with E-state index in [1.807, 2.05) is 25.1 Å². The first kappa shape index (κ1) is 12.8. The maximum Gasteiger partial charge on any atom is 0.127 e. The number of nitrogens with zero attached hydrogens (tertiary/aromatic N) is 2. The quantitative estimate of drug-likeness (QED) is 0.818. The number of rotatable bonds is 5. The monoisotopic (exact) mass is 243 g/mol. The average Bonchev–Trinajstić information content (AvgIpc) is 2.68. The van der Waals surface area contributed by atoms with E-state index in [4.69, 9.17) is 5.73 Å². The molecule has 0 aliphatic rings. The topological polar surface area (TPSA) is 43.8 Å². The van der Waals surface area contributed by atoms with E-state index in [0.29, 0.717) is 0 Å². The van der Waals surface area contributed by atoms with Crippen molar-refractivity contribution >= 4 is 11.0 Å². The summed E-state index contributed by atoms with van der Waals surface area (Å²) in [4.78, 5) is 4.68. The van der Waals surface area contributed by atoms with Gasteiger partial charge < -0.3 is 10.3 Å². The summed E-state index contributed by atoms with van der Waals surface area (Å²) in [6.07, 6.45) is 2.02. The fourth-order valence-electron chi connectivity index (χ4n) is 2.25. The molecule has 0 radical (unpaired) electrons. The summed E-state index contributed by atoms with van der Waals surface area (Å²) in [5.74, 6) is 0.973. The smallest absolute Gasteiger partial charge is 0.127 e. The molecular weight excluding hydrogens is 222 g/mol. The van der Waals surface area contributed by atoms with Crippen LogP contribution in [0.2, 0.25) is 0 Å². The number of fused-ring (bicyclic) bond motifs is 1. The van der Waals surface area contributed by atoms with Gasteiger partial charge in [-0.25, -0.2) is 4.98 Å². The number of allylic oxidation sites excluding steroid dienone is 1. The Labute approximate surface area is 108 Å². The fraction of sp³-hybridized carbons (Fsp3) is 0.400. The molecule has 0 amide bonds. The molecule has 2 N–H and O–H groups in total. The van der Waals surface area contributed by atoms with Crippen LogP contribution in [0.15, 0.2) is 36.4 Å². The molecule has 0 spiro atoms. The maximum absolute atomic E-state index is 6.23. The molecule has 3 nitrogen and oxygen atoms in total. The van der Waals surface area contributed by atoms with Gasteiger partial charge in [-0.2, -0.15) is 0 Å². The first-order valence-corrected chi connectivity index (χ1v) is 6.48. The molecule has 96 valence electrons. The Hall–Kier alpha value is -1.61. The minimum atomic E-state index is 0.00162. The zero-order chi connectivity index (χ0) is 13.1. The third-order valence-corrected chi connectivity index (χ3v) is 3.04. The highest BCUT2D eigenvalue weighted by Gasteiger charge is 2.15. The van der Waals surface area contributed by atoms with Crippen molar-refractivity contribution in [3.8, 4) is 0 Å². The predicted octanol–water partition coefficient (Wildman–Crippen LogP) is 3.41. The average molecular weight is 243 g/mol. The number of hydrogen-bond donors (Lipinski definition) is 1. The van der Waals surface area contributed by atoms with Crippen LogP contribution in [0.4, 0.5) is 0 Å². The molecule has 1 unspecified atom stereocenters. The first-order chi connectivity index (χ1) is 8.63. The number of aromatic nitrogens is 2. The molecule has 2 aromatic rings. The third kappa shape index (κ3) is 2.46. The van der Waals surface area contributed by atoms with Gasteiger partial charge in [0.25, 0.3) is 0 Å². The predicted molar refractivity (Wildman–Crippen MR) is 76.4 cm³/mol. The molecule has 0 fully saturated rings. The van der Waals surface area contributed by atoms with Crippen molar-refractivity contribution in [1.82, 2.24) is 9.55 Å². The molecule has 0 aliphatic heterocycles. The van der Waals surface area contributed by atoms with Crippen LogP contribution >= 0.6 is 0 Å². The third-order valence-electron chi connectivity index (χ3n) is 3.04. The van der Waals surface area contributed by atoms with Crippen molar-refractivity contribution in [2.24, 2.45) is 5.73 Å². The molecule has 0 aliphatic carbocycles. The van der Waals surface area contributed by atoms with Crippen molar-refractivity contribution in [2.75, 3.05) is 0 Å². The Morgan fingerprint density at radius 2 is 2.17 bits per heavy atom. The summed E-state index contributed by atoms with van der Waals surface area (Å²) >= 11 is 0. The lowest BCUT2D eigenvalue weighted by molar-refractivity contribution is 0.570. The van der Waals surface area contributed by atoms with E-state index < -0.39 is 0 Å². The molecule has 1 aromatic heterocycles. The van der Waals surface area contributed by atoms with Gasteiger partial charge in [0.05, 0.1) is 17.1 Å². The lowest BCUT2D eigenvalue weighted by Crippen LogP contribution is -2.17. The minimum Gasteiger partial charge on any atom is -0.323 e. The first-order valence-electron chi connectivity index (χ1n) is 6.48. The second kappa shape index (κ2) is 5.36. The van der Waals surface area contributed by atoms with E-state index in [2.05, 4.69) is 29.1 Å². The van der Waals surface area contributed by atoms with Crippen molar-refractivity contribution in [1.29, 1.82) is 0 Å². The summed E-state index contributed by atoms with van der Waals surface area (Å²) in [7, 11) is 0. The van der Waals surface area contributed by atoms with E-state index in [1.165, 1.54) is 0 Å². The van der Waals surface area contributed by atoms with E-state index in [9.17, 15) is 0 Å². The maximum atomic E-state index is 6.23. The lowest BCUT2D eigenvalue weighted by Gasteiger charge is -2.14. The summed E-state index contributed by atoms with van der Waals surface area (Å²) < 4.78 is 2.19. The number of para-hydroxylation sites is 2. The van der Waals surface area contributed by atoms with E-state index >= 15 is 0 Å². The van der Waals surface area contributed by atoms with Crippen molar-refractivity contribution < 1.29 is 0 Å². The highest BCUT2D eigenvalue weighted by atomic mass is 15.1. The molecule has 1 aromatic carbocycles. The van der Waals surface area contributed by atoms with Gasteiger partial charge in [-0.15, -0.1) is 0 Å². The summed E-state index contributed by atoms with van der Waals surface area (Å²) in [5, 5.41) is 0. The minimum absolute atomic E-state index is 0.00162. The molecule has 1 heterocycles. The standard InChI is InChI=1S/C15H21N3/c1-4-7-12(16)15-17-13-8-5-6-9-14(13)18(15)10-11(2)3/h5-6,8-9,12H,2,4,7,10,16H2,1,3H3. The van der Waals surface area contributed by atoms with E-state index in [1.54, 1.807) is 0 Å². The van der Waals surface area contributed by atoms with Crippen LogP contribution in [-0.2, 0) is 6.54 Å². The van der Waals surface area contributed by atoms with Crippen LogP contribution < -0.4 is 5.73 Å². The van der Waals surface area contributed by atoms with E-state index in [0.717, 1.165) is 41.8 Å². The summed E-state index contributed by atoms with van der Waals surface area (Å²) in [5.41, 5.74) is 9.50. The van der Waals surface area contributed by atoms with Gasteiger partial charge in [-0.3, -0.25) is 0 Å². The van der Waals surface area contributed by atoms with Crippen molar-refractivity contribution in [3.63, 3.8) is 0 Å². The summed E-state index contributed by atoms with van der Waals surface area (Å²) in [6, 6.07) is 8.17. The second-order valence-corrected chi connectivity index (χ2v) is 4.90. The Morgan fingerprint density at radius 1 is 1.44 bits per heavy atom. The van der Waals surface area contributed by atoms with Gasteiger partial charge in [0.15, 0.2) is 0 Å². The van der Waals surface area contributed by atoms with Gasteiger partial charge in [0.1, 0.15) is 5.82 Å². The summed E-state index contributed by atoms with van der Waals surface area (Å²) in [6.45, 7) is 8.95. The molecule has 2 rings (SSSR count). The van der Waals surface area contributed by atoms with E-state index in [-0.39, 0.29) is 6.04 Å². The number of nitrogens with two attached hydrogens (primary N) is 1. The SMILES string of the molecule is C=C(C)Cn1c(C(N)CCC)nc2ccccc21. The van der Waals surface area contributed by atoms with Crippen LogP contribution in [-0.4, -0.2) is 9.55 Å². The zero-order valence-corrected chi connectivity index (χ0v) is 11.2. The molecule has 0 bridgehead atoms. The highest BCUT2D eigenvalue weighted by molar-refractivity contribution is 5.76. The Morgan fingerprint density at radius 3 is 2.83 bits per heavy atom. The largest absolute Gasteiger partial charge is 0.323 e. The van der Waals surface area contributed by atoms with Gasteiger partial charge in [0.2, 0.25) is 0 Å². The van der Waals surface area contributed by atoms with Gasteiger partial charge in [-0.05, 0) is 25.5 Å². The molecule has 0 saturated heterocycles. The molecular formula is C15H21N3. The highest BCUT2D eigenvalue weighted by Crippen LogP contribution is 2.23. The fourth-order valence-corrected chi connectivity index (χ4v) is 2.25. The zero-order valence-electron chi connectivity index (χ0n) is 11.2. The molecule has 1 atom stereocenters. The molecule has 18 heavy (non-hydrogen) atoms. The van der Waals surface area contributed by atoms with Gasteiger partial charge >= 0.3 is 0 Å². The van der Waals surface area contributed by atoms with Crippen LogP contribution in [0, 0.1) is 0 Å². The van der Waals surface area contributed by atoms with Crippen molar-refractivity contribution in [3.05, 3.63) is 42.2 Å². The van der Waals surface area contributed by atoms with Crippen LogP contribution in [0.5, 0.6) is 0 Å². The van der Waals surface area contributed by atoms with Crippen LogP contribution in [0.3, 0.4) is 0 Å². The van der Waals surface area contributed by atoms with Crippen molar-refractivity contribution in [2.45, 2.75) is 39.3 Å². The van der Waals surface area contributed by atoms with Crippen LogP contribution in [0.25, 0.3) is 11.0 Å². The lowest BCUT2D eigenvalue weighted by atomic mass is 10.1.